The summed E-state index contributed by atoms with van der Waals surface area (Å²) in [4.78, 5) is -0.653. The van der Waals surface area contributed by atoms with Gasteiger partial charge >= 0.3 is 0 Å². The van der Waals surface area contributed by atoms with Crippen LogP contribution in [0.4, 0.5) is 10.1 Å². The van der Waals surface area contributed by atoms with Crippen LogP contribution in [0, 0.1) is 12.7 Å². The number of hydrogen-bond acceptors (Lipinski definition) is 5. The average molecular weight is 449 g/mol. The number of morpholine rings is 1. The number of sulfonamides is 2. The molecule has 0 aromatic heterocycles. The zero-order valence-electron chi connectivity index (χ0n) is 14.9. The second-order valence-electron chi connectivity index (χ2n) is 6.13. The molecule has 1 N–H and O–H groups in total. The van der Waals surface area contributed by atoms with Crippen molar-refractivity contribution in [1.29, 1.82) is 0 Å². The Labute approximate surface area is 168 Å². The van der Waals surface area contributed by atoms with E-state index in [0.717, 1.165) is 22.5 Å². The van der Waals surface area contributed by atoms with Gasteiger partial charge in [-0.25, -0.2) is 21.2 Å². The molecule has 11 heteroatoms. The third-order valence-electron chi connectivity index (χ3n) is 4.28. The van der Waals surface area contributed by atoms with Gasteiger partial charge in [0, 0.05) is 18.1 Å². The number of anilines is 1. The largest absolute Gasteiger partial charge is 0.379 e. The molecule has 1 aliphatic heterocycles. The Morgan fingerprint density at radius 3 is 2.43 bits per heavy atom. The Bertz CT molecular complexity index is 1100. The van der Waals surface area contributed by atoms with Crippen LogP contribution in [-0.2, 0) is 24.8 Å². The number of nitrogens with zero attached hydrogens (tertiary/aromatic N) is 1. The maximum Gasteiger partial charge on any atom is 0.262 e. The SMILES string of the molecule is Cc1c(Cl)cccc1S(=O)(=O)Nc1ccc(F)c(S(=O)(=O)N2CCOCC2)c1. The van der Waals surface area contributed by atoms with Crippen molar-refractivity contribution >= 4 is 37.3 Å². The van der Waals surface area contributed by atoms with Crippen LogP contribution in [0.5, 0.6) is 0 Å². The Balaban J connectivity index is 1.96. The Morgan fingerprint density at radius 1 is 1.07 bits per heavy atom. The molecule has 152 valence electrons. The van der Waals surface area contributed by atoms with E-state index in [4.69, 9.17) is 16.3 Å². The normalized spacial score (nSPS) is 16.1. The Hall–Kier alpha value is -1.72. The van der Waals surface area contributed by atoms with Crippen LogP contribution in [0.1, 0.15) is 5.56 Å². The van der Waals surface area contributed by atoms with E-state index in [0.29, 0.717) is 5.56 Å². The van der Waals surface area contributed by atoms with Crippen molar-refractivity contribution in [1.82, 2.24) is 4.31 Å². The summed E-state index contributed by atoms with van der Waals surface area (Å²) in [6.07, 6.45) is 0. The molecule has 3 rings (SSSR count). The van der Waals surface area contributed by atoms with Crippen LogP contribution < -0.4 is 4.72 Å². The summed E-state index contributed by atoms with van der Waals surface area (Å²) in [7, 11) is -8.18. The van der Waals surface area contributed by atoms with E-state index >= 15 is 0 Å². The van der Waals surface area contributed by atoms with E-state index in [1.165, 1.54) is 12.1 Å². The van der Waals surface area contributed by atoms with Crippen molar-refractivity contribution in [2.24, 2.45) is 0 Å². The zero-order valence-corrected chi connectivity index (χ0v) is 17.2. The molecule has 7 nitrogen and oxygen atoms in total. The first-order valence-electron chi connectivity index (χ1n) is 8.28. The van der Waals surface area contributed by atoms with Crippen molar-refractivity contribution in [3.63, 3.8) is 0 Å². The van der Waals surface area contributed by atoms with Gasteiger partial charge in [-0.2, -0.15) is 4.31 Å². The van der Waals surface area contributed by atoms with Crippen molar-refractivity contribution in [3.05, 3.63) is 52.8 Å². The average Bonchev–Trinajstić information content (AvgIpc) is 2.65. The summed E-state index contributed by atoms with van der Waals surface area (Å²) in [5.41, 5.74) is 0.271. The van der Waals surface area contributed by atoms with Gasteiger partial charge in [-0.05, 0) is 42.8 Å². The van der Waals surface area contributed by atoms with Gasteiger partial charge in [0.15, 0.2) is 0 Å². The van der Waals surface area contributed by atoms with Crippen molar-refractivity contribution in [3.8, 4) is 0 Å². The van der Waals surface area contributed by atoms with Crippen LogP contribution in [0.2, 0.25) is 5.02 Å². The molecule has 1 fully saturated rings. The highest BCUT2D eigenvalue weighted by Gasteiger charge is 2.30. The molecule has 0 radical (unpaired) electrons. The fraction of sp³-hybridized carbons (Fsp3) is 0.294. The van der Waals surface area contributed by atoms with E-state index in [1.54, 1.807) is 13.0 Å². The van der Waals surface area contributed by atoms with Crippen LogP contribution in [0.25, 0.3) is 0 Å². The third-order valence-corrected chi connectivity index (χ3v) is 8.13. The molecule has 28 heavy (non-hydrogen) atoms. The Morgan fingerprint density at radius 2 is 1.75 bits per heavy atom. The molecule has 2 aromatic rings. The molecule has 1 heterocycles. The predicted octanol–water partition coefficient (Wildman–Crippen LogP) is 2.61. The number of nitrogens with one attached hydrogen (secondary N) is 1. The van der Waals surface area contributed by atoms with E-state index in [2.05, 4.69) is 4.72 Å². The lowest BCUT2D eigenvalue weighted by molar-refractivity contribution is 0.0729. The molecule has 0 aliphatic carbocycles. The van der Waals surface area contributed by atoms with Gasteiger partial charge in [-0.1, -0.05) is 17.7 Å². The summed E-state index contributed by atoms with van der Waals surface area (Å²) in [6.45, 7) is 2.16. The van der Waals surface area contributed by atoms with Crippen molar-refractivity contribution in [2.75, 3.05) is 31.0 Å². The zero-order chi connectivity index (χ0) is 20.5. The molecular weight excluding hydrogens is 431 g/mol. The lowest BCUT2D eigenvalue weighted by Crippen LogP contribution is -2.40. The molecule has 0 bridgehead atoms. The highest BCUT2D eigenvalue weighted by molar-refractivity contribution is 7.92. The monoisotopic (exact) mass is 448 g/mol. The quantitative estimate of drug-likeness (QED) is 0.759. The first kappa shape index (κ1) is 21.0. The van der Waals surface area contributed by atoms with Gasteiger partial charge in [-0.15, -0.1) is 0 Å². The van der Waals surface area contributed by atoms with Gasteiger partial charge in [0.05, 0.1) is 23.8 Å². The number of rotatable bonds is 5. The van der Waals surface area contributed by atoms with Gasteiger partial charge in [0.2, 0.25) is 10.0 Å². The fourth-order valence-corrected chi connectivity index (χ4v) is 5.83. The third kappa shape index (κ3) is 4.15. The summed E-state index contributed by atoms with van der Waals surface area (Å²) in [5.74, 6) is -0.964. The lowest BCUT2D eigenvalue weighted by atomic mass is 10.2. The molecule has 1 aliphatic rings. The summed E-state index contributed by atoms with van der Waals surface area (Å²) >= 11 is 5.98. The predicted molar refractivity (Wildman–Crippen MR) is 103 cm³/mol. The number of benzene rings is 2. The standard InChI is InChI=1S/C17H18ClFN2O5S2/c1-12-14(18)3-2-4-16(12)27(22,23)20-13-5-6-15(19)17(11-13)28(24,25)21-7-9-26-10-8-21/h2-6,11,20H,7-10H2,1H3. The maximum atomic E-state index is 14.3. The number of ether oxygens (including phenoxy) is 1. The maximum absolute atomic E-state index is 14.3. The summed E-state index contributed by atoms with van der Waals surface area (Å²) < 4.78 is 73.6. The number of halogens is 2. The molecule has 0 saturated carbocycles. The molecule has 1 saturated heterocycles. The van der Waals surface area contributed by atoms with E-state index < -0.39 is 30.8 Å². The van der Waals surface area contributed by atoms with Crippen LogP contribution in [0.15, 0.2) is 46.2 Å². The van der Waals surface area contributed by atoms with Gasteiger partial charge in [-0.3, -0.25) is 4.72 Å². The number of hydrogen-bond donors (Lipinski definition) is 1. The minimum Gasteiger partial charge on any atom is -0.379 e. The van der Waals surface area contributed by atoms with Crippen LogP contribution in [0.3, 0.4) is 0 Å². The molecule has 0 spiro atoms. The first-order chi connectivity index (χ1) is 13.1. The lowest BCUT2D eigenvalue weighted by Gasteiger charge is -2.26. The van der Waals surface area contributed by atoms with E-state index in [1.807, 2.05) is 0 Å². The summed E-state index contributed by atoms with van der Waals surface area (Å²) in [6, 6.07) is 7.46. The first-order valence-corrected chi connectivity index (χ1v) is 11.6. The highest BCUT2D eigenvalue weighted by Crippen LogP contribution is 2.27. The van der Waals surface area contributed by atoms with Crippen molar-refractivity contribution < 1.29 is 26.0 Å². The summed E-state index contributed by atoms with van der Waals surface area (Å²) in [5, 5.41) is 0.276. The van der Waals surface area contributed by atoms with Crippen LogP contribution >= 0.6 is 11.6 Å². The molecule has 2 aromatic carbocycles. The Kier molecular flexibility index (Phi) is 5.97. The molecule has 0 unspecified atom stereocenters. The van der Waals surface area contributed by atoms with Gasteiger partial charge in [0.1, 0.15) is 10.7 Å². The second kappa shape index (κ2) is 7.96. The minimum absolute atomic E-state index is 0.0538. The van der Waals surface area contributed by atoms with E-state index in [-0.39, 0.29) is 41.9 Å². The minimum atomic E-state index is -4.13. The second-order valence-corrected chi connectivity index (χ2v) is 10.1. The molecular formula is C17H18ClFN2O5S2. The molecule has 0 atom stereocenters. The fourth-order valence-electron chi connectivity index (χ4n) is 2.78. The smallest absolute Gasteiger partial charge is 0.262 e. The van der Waals surface area contributed by atoms with Gasteiger partial charge < -0.3 is 4.74 Å². The molecule has 0 amide bonds. The van der Waals surface area contributed by atoms with Gasteiger partial charge in [0.25, 0.3) is 10.0 Å². The van der Waals surface area contributed by atoms with E-state index in [9.17, 15) is 21.2 Å². The van der Waals surface area contributed by atoms with Crippen LogP contribution in [-0.4, -0.2) is 47.4 Å². The van der Waals surface area contributed by atoms with Crippen molar-refractivity contribution in [2.45, 2.75) is 16.7 Å². The topological polar surface area (TPSA) is 92.8 Å². The highest BCUT2D eigenvalue weighted by atomic mass is 35.5.